The SMILES string of the molecule is O=C(c1cc(F)ccc1Cl)c1sccc1Cl. The first-order valence-corrected chi connectivity index (χ1v) is 5.96. The molecule has 1 aromatic carbocycles. The first-order chi connectivity index (χ1) is 7.59. The first-order valence-electron chi connectivity index (χ1n) is 4.32. The number of hydrogen-bond acceptors (Lipinski definition) is 2. The summed E-state index contributed by atoms with van der Waals surface area (Å²) in [5, 5.41) is 2.27. The van der Waals surface area contributed by atoms with Crippen LogP contribution in [0, 0.1) is 5.82 Å². The summed E-state index contributed by atoms with van der Waals surface area (Å²) in [6.07, 6.45) is 0. The monoisotopic (exact) mass is 274 g/mol. The number of carbonyl (C=O) groups is 1. The summed E-state index contributed by atoms with van der Waals surface area (Å²) in [4.78, 5) is 12.3. The first kappa shape index (κ1) is 11.6. The van der Waals surface area contributed by atoms with Crippen molar-refractivity contribution in [2.75, 3.05) is 0 Å². The van der Waals surface area contributed by atoms with Gasteiger partial charge in [-0.1, -0.05) is 23.2 Å². The van der Waals surface area contributed by atoms with Crippen LogP contribution < -0.4 is 0 Å². The lowest BCUT2D eigenvalue weighted by Crippen LogP contribution is -2.01. The molecule has 0 aliphatic rings. The third kappa shape index (κ3) is 2.12. The fourth-order valence-electron chi connectivity index (χ4n) is 1.25. The second-order valence-electron chi connectivity index (χ2n) is 3.05. The summed E-state index contributed by atoms with van der Waals surface area (Å²) in [6, 6.07) is 5.29. The van der Waals surface area contributed by atoms with E-state index in [-0.39, 0.29) is 16.4 Å². The Morgan fingerprint density at radius 1 is 1.19 bits per heavy atom. The van der Waals surface area contributed by atoms with Gasteiger partial charge in [0.05, 0.1) is 14.9 Å². The van der Waals surface area contributed by atoms with Crippen molar-refractivity contribution in [2.24, 2.45) is 0 Å². The van der Waals surface area contributed by atoms with Crippen LogP contribution in [0.15, 0.2) is 29.6 Å². The van der Waals surface area contributed by atoms with E-state index < -0.39 is 5.82 Å². The van der Waals surface area contributed by atoms with Crippen LogP contribution in [0.25, 0.3) is 0 Å². The highest BCUT2D eigenvalue weighted by molar-refractivity contribution is 7.13. The van der Waals surface area contributed by atoms with Crippen LogP contribution in [-0.4, -0.2) is 5.78 Å². The molecule has 0 amide bonds. The molecule has 2 aromatic rings. The molecule has 0 bridgehead atoms. The van der Waals surface area contributed by atoms with Gasteiger partial charge in [-0.25, -0.2) is 4.39 Å². The molecule has 0 unspecified atom stereocenters. The highest BCUT2D eigenvalue weighted by Gasteiger charge is 2.17. The highest BCUT2D eigenvalue weighted by atomic mass is 35.5. The van der Waals surface area contributed by atoms with E-state index in [1.54, 1.807) is 11.4 Å². The number of hydrogen-bond donors (Lipinski definition) is 0. The van der Waals surface area contributed by atoms with Gasteiger partial charge in [0, 0.05) is 5.56 Å². The molecule has 5 heteroatoms. The third-order valence-corrected chi connectivity index (χ3v) is 3.67. The second-order valence-corrected chi connectivity index (χ2v) is 4.78. The molecule has 0 spiro atoms. The summed E-state index contributed by atoms with van der Waals surface area (Å²) in [6.45, 7) is 0. The highest BCUT2D eigenvalue weighted by Crippen LogP contribution is 2.28. The predicted octanol–water partition coefficient (Wildman–Crippen LogP) is 4.43. The zero-order valence-corrected chi connectivity index (χ0v) is 10.2. The standard InChI is InChI=1S/C11H5Cl2FOS/c12-8-2-1-6(14)5-7(8)10(15)11-9(13)3-4-16-11/h1-5H. The fraction of sp³-hybridized carbons (Fsp3) is 0. The van der Waals surface area contributed by atoms with Crippen molar-refractivity contribution in [1.29, 1.82) is 0 Å². The van der Waals surface area contributed by atoms with Gasteiger partial charge in [-0.15, -0.1) is 11.3 Å². The summed E-state index contributed by atoms with van der Waals surface area (Å²) >= 11 is 12.9. The Balaban J connectivity index is 2.49. The quantitative estimate of drug-likeness (QED) is 0.741. The van der Waals surface area contributed by atoms with Crippen molar-refractivity contribution in [3.05, 3.63) is 55.9 Å². The van der Waals surface area contributed by atoms with E-state index >= 15 is 0 Å². The maximum Gasteiger partial charge on any atom is 0.206 e. The molecule has 0 saturated heterocycles. The van der Waals surface area contributed by atoms with Gasteiger partial charge < -0.3 is 0 Å². The molecule has 0 fully saturated rings. The molecule has 1 heterocycles. The van der Waals surface area contributed by atoms with E-state index in [1.165, 1.54) is 23.5 Å². The largest absolute Gasteiger partial charge is 0.288 e. The fourth-order valence-corrected chi connectivity index (χ4v) is 2.55. The normalized spacial score (nSPS) is 10.4. The molecular weight excluding hydrogens is 270 g/mol. The van der Waals surface area contributed by atoms with Crippen molar-refractivity contribution >= 4 is 40.3 Å². The van der Waals surface area contributed by atoms with Crippen LogP contribution in [0.4, 0.5) is 4.39 Å². The van der Waals surface area contributed by atoms with Gasteiger partial charge in [0.2, 0.25) is 5.78 Å². The van der Waals surface area contributed by atoms with Gasteiger partial charge in [-0.05, 0) is 29.6 Å². The molecule has 0 N–H and O–H groups in total. The molecule has 82 valence electrons. The van der Waals surface area contributed by atoms with Gasteiger partial charge in [-0.2, -0.15) is 0 Å². The van der Waals surface area contributed by atoms with E-state index in [2.05, 4.69) is 0 Å². The minimum atomic E-state index is -0.500. The maximum absolute atomic E-state index is 13.0. The summed E-state index contributed by atoms with van der Waals surface area (Å²) in [7, 11) is 0. The zero-order chi connectivity index (χ0) is 11.7. The van der Waals surface area contributed by atoms with E-state index in [0.29, 0.717) is 9.90 Å². The minimum absolute atomic E-state index is 0.131. The molecule has 2 rings (SSSR count). The lowest BCUT2D eigenvalue weighted by molar-refractivity contribution is 0.104. The van der Waals surface area contributed by atoms with Gasteiger partial charge in [0.15, 0.2) is 0 Å². The summed E-state index contributed by atoms with van der Waals surface area (Å²) in [5.74, 6) is -0.857. The molecule has 0 atom stereocenters. The van der Waals surface area contributed by atoms with Crippen LogP contribution in [0.5, 0.6) is 0 Å². The number of carbonyl (C=O) groups excluding carboxylic acids is 1. The molecule has 16 heavy (non-hydrogen) atoms. The molecular formula is C11H5Cl2FOS. The van der Waals surface area contributed by atoms with Crippen LogP contribution >= 0.6 is 34.5 Å². The van der Waals surface area contributed by atoms with E-state index in [4.69, 9.17) is 23.2 Å². The maximum atomic E-state index is 13.0. The van der Waals surface area contributed by atoms with Crippen LogP contribution in [0.3, 0.4) is 0 Å². The Kier molecular flexibility index (Phi) is 3.28. The Labute approximate surface area is 105 Å². The zero-order valence-electron chi connectivity index (χ0n) is 7.84. The smallest absolute Gasteiger partial charge is 0.206 e. The van der Waals surface area contributed by atoms with Crippen molar-refractivity contribution in [1.82, 2.24) is 0 Å². The van der Waals surface area contributed by atoms with Crippen molar-refractivity contribution in [3.63, 3.8) is 0 Å². The Bertz CT molecular complexity index is 551. The minimum Gasteiger partial charge on any atom is -0.288 e. The molecule has 0 saturated carbocycles. The van der Waals surface area contributed by atoms with Crippen molar-refractivity contribution in [2.45, 2.75) is 0 Å². The lowest BCUT2D eigenvalue weighted by atomic mass is 10.1. The van der Waals surface area contributed by atoms with Gasteiger partial charge in [-0.3, -0.25) is 4.79 Å². The average molecular weight is 275 g/mol. The van der Waals surface area contributed by atoms with Crippen LogP contribution in [0.2, 0.25) is 10.0 Å². The molecule has 0 radical (unpaired) electrons. The van der Waals surface area contributed by atoms with Gasteiger partial charge >= 0.3 is 0 Å². The number of ketones is 1. The Hall–Kier alpha value is -0.900. The molecule has 1 nitrogen and oxygen atoms in total. The second kappa shape index (κ2) is 4.53. The van der Waals surface area contributed by atoms with Crippen molar-refractivity contribution < 1.29 is 9.18 Å². The molecule has 0 aliphatic carbocycles. The van der Waals surface area contributed by atoms with E-state index in [0.717, 1.165) is 6.07 Å². The van der Waals surface area contributed by atoms with Crippen molar-refractivity contribution in [3.8, 4) is 0 Å². The molecule has 1 aromatic heterocycles. The summed E-state index contributed by atoms with van der Waals surface area (Å²) in [5.41, 5.74) is 0.131. The Morgan fingerprint density at radius 3 is 2.56 bits per heavy atom. The average Bonchev–Trinajstić information content (AvgIpc) is 2.67. The lowest BCUT2D eigenvalue weighted by Gasteiger charge is -2.02. The summed E-state index contributed by atoms with van der Waals surface area (Å²) < 4.78 is 13.0. The van der Waals surface area contributed by atoms with Gasteiger partial charge in [0.25, 0.3) is 0 Å². The van der Waals surface area contributed by atoms with Crippen LogP contribution in [-0.2, 0) is 0 Å². The number of benzene rings is 1. The van der Waals surface area contributed by atoms with E-state index in [9.17, 15) is 9.18 Å². The number of rotatable bonds is 2. The van der Waals surface area contributed by atoms with E-state index in [1.807, 2.05) is 0 Å². The van der Waals surface area contributed by atoms with Gasteiger partial charge in [0.1, 0.15) is 5.82 Å². The molecule has 0 aliphatic heterocycles. The predicted molar refractivity (Wildman–Crippen MR) is 64.2 cm³/mol. The number of halogens is 3. The third-order valence-electron chi connectivity index (χ3n) is 2.00. The van der Waals surface area contributed by atoms with Crippen LogP contribution in [0.1, 0.15) is 15.2 Å². The number of thiophene rings is 1. The Morgan fingerprint density at radius 2 is 1.94 bits per heavy atom. The topological polar surface area (TPSA) is 17.1 Å².